The van der Waals surface area contributed by atoms with Gasteiger partial charge in [-0.25, -0.2) is 9.97 Å². The number of nitrogens with one attached hydrogen (secondary N) is 1. The average Bonchev–Trinajstić information content (AvgIpc) is 2.67. The predicted molar refractivity (Wildman–Crippen MR) is 122 cm³/mol. The monoisotopic (exact) mass is 412 g/mol. The second-order valence-corrected chi connectivity index (χ2v) is 9.51. The second-order valence-electron chi connectivity index (χ2n) is 9.51. The minimum absolute atomic E-state index is 0.0437. The van der Waals surface area contributed by atoms with Gasteiger partial charge in [-0.05, 0) is 78.9 Å². The highest BCUT2D eigenvalue weighted by atomic mass is 16.3. The van der Waals surface area contributed by atoms with E-state index >= 15 is 0 Å². The zero-order valence-corrected chi connectivity index (χ0v) is 19.0. The highest BCUT2D eigenvalue weighted by molar-refractivity contribution is 5.82. The lowest BCUT2D eigenvalue weighted by molar-refractivity contribution is -0.126. The Balaban J connectivity index is 1.52. The molecule has 6 nitrogen and oxygen atoms in total. The zero-order chi connectivity index (χ0) is 21.9. The summed E-state index contributed by atoms with van der Waals surface area (Å²) in [7, 11) is 0. The molecule has 1 aromatic heterocycles. The molecule has 2 heterocycles. The summed E-state index contributed by atoms with van der Waals surface area (Å²) in [6.45, 7) is 11.4. The fraction of sp³-hybridized carbons (Fsp3) is 0.625. The second kappa shape index (κ2) is 9.29. The number of rotatable bonds is 7. The van der Waals surface area contributed by atoms with Crippen molar-refractivity contribution in [2.75, 3.05) is 18.0 Å². The summed E-state index contributed by atoms with van der Waals surface area (Å²) in [6, 6.07) is 6.40. The van der Waals surface area contributed by atoms with Crippen molar-refractivity contribution in [2.45, 2.75) is 78.4 Å². The van der Waals surface area contributed by atoms with Gasteiger partial charge in [0.25, 0.3) is 0 Å². The molecule has 1 aliphatic rings. The van der Waals surface area contributed by atoms with Crippen molar-refractivity contribution < 1.29 is 9.90 Å². The summed E-state index contributed by atoms with van der Waals surface area (Å²) >= 11 is 0. The van der Waals surface area contributed by atoms with Crippen molar-refractivity contribution in [3.63, 3.8) is 0 Å². The van der Waals surface area contributed by atoms with E-state index in [1.807, 2.05) is 27.7 Å². The fourth-order valence-corrected chi connectivity index (χ4v) is 4.14. The Labute approximate surface area is 180 Å². The average molecular weight is 413 g/mol. The van der Waals surface area contributed by atoms with Gasteiger partial charge in [0.05, 0.1) is 16.8 Å². The van der Waals surface area contributed by atoms with E-state index in [2.05, 4.69) is 35.3 Å². The highest BCUT2D eigenvalue weighted by Crippen LogP contribution is 2.25. The van der Waals surface area contributed by atoms with Gasteiger partial charge >= 0.3 is 0 Å². The van der Waals surface area contributed by atoms with E-state index in [1.54, 1.807) is 0 Å². The largest absolute Gasteiger partial charge is 0.390 e. The van der Waals surface area contributed by atoms with Crippen LogP contribution in [-0.4, -0.2) is 45.7 Å². The van der Waals surface area contributed by atoms with E-state index in [-0.39, 0.29) is 17.9 Å². The molecule has 1 aromatic carbocycles. The molecule has 6 heteroatoms. The lowest BCUT2D eigenvalue weighted by Gasteiger charge is -2.32. The quantitative estimate of drug-likeness (QED) is 0.721. The Morgan fingerprint density at radius 2 is 1.97 bits per heavy atom. The van der Waals surface area contributed by atoms with Crippen molar-refractivity contribution >= 4 is 22.8 Å². The first-order valence-corrected chi connectivity index (χ1v) is 11.1. The van der Waals surface area contributed by atoms with Crippen molar-refractivity contribution in [3.05, 3.63) is 29.5 Å². The lowest BCUT2D eigenvalue weighted by Crippen LogP contribution is -2.43. The van der Waals surface area contributed by atoms with E-state index in [0.717, 1.165) is 67.7 Å². The first-order valence-electron chi connectivity index (χ1n) is 11.1. The molecule has 0 saturated carbocycles. The van der Waals surface area contributed by atoms with Gasteiger partial charge < -0.3 is 15.3 Å². The number of carbonyl (C=O) groups excluding carboxylic acids is 1. The first-order chi connectivity index (χ1) is 14.1. The molecule has 3 rings (SSSR count). The van der Waals surface area contributed by atoms with E-state index < -0.39 is 5.60 Å². The summed E-state index contributed by atoms with van der Waals surface area (Å²) < 4.78 is 0. The molecule has 0 bridgehead atoms. The molecule has 1 atom stereocenters. The van der Waals surface area contributed by atoms with Crippen LogP contribution in [0, 0.1) is 19.8 Å². The molecule has 1 fully saturated rings. The van der Waals surface area contributed by atoms with Crippen molar-refractivity contribution in [3.8, 4) is 0 Å². The van der Waals surface area contributed by atoms with Crippen LogP contribution in [0.2, 0.25) is 0 Å². The minimum Gasteiger partial charge on any atom is -0.390 e. The van der Waals surface area contributed by atoms with E-state index in [0.29, 0.717) is 0 Å². The Hall–Kier alpha value is -2.21. The molecule has 2 N–H and O–H groups in total. The molecule has 0 spiro atoms. The molecule has 30 heavy (non-hydrogen) atoms. The molecule has 2 aromatic rings. The summed E-state index contributed by atoms with van der Waals surface area (Å²) in [4.78, 5) is 24.4. The Kier molecular flexibility index (Phi) is 6.96. The van der Waals surface area contributed by atoms with Gasteiger partial charge in [-0.2, -0.15) is 0 Å². The maximum absolute atomic E-state index is 12.7. The van der Waals surface area contributed by atoms with Crippen LogP contribution in [-0.2, 0) is 4.79 Å². The predicted octanol–water partition coefficient (Wildman–Crippen LogP) is 3.91. The van der Waals surface area contributed by atoms with Crippen LogP contribution in [0.25, 0.3) is 10.9 Å². The third-order valence-corrected chi connectivity index (χ3v) is 5.99. The number of aromatic nitrogens is 2. The molecular weight excluding hydrogens is 376 g/mol. The molecule has 1 amide bonds. The number of fused-ring (bicyclic) bond motifs is 1. The number of amides is 1. The van der Waals surface area contributed by atoms with Crippen LogP contribution in [0.3, 0.4) is 0 Å². The van der Waals surface area contributed by atoms with Crippen LogP contribution >= 0.6 is 0 Å². The van der Waals surface area contributed by atoms with Crippen LogP contribution in [0.15, 0.2) is 18.2 Å². The van der Waals surface area contributed by atoms with Gasteiger partial charge in [-0.15, -0.1) is 0 Å². The summed E-state index contributed by atoms with van der Waals surface area (Å²) in [5, 5.41) is 14.1. The number of hydrogen-bond donors (Lipinski definition) is 2. The zero-order valence-electron chi connectivity index (χ0n) is 19.0. The van der Waals surface area contributed by atoms with Gasteiger partial charge in [0.1, 0.15) is 0 Å². The third-order valence-electron chi connectivity index (χ3n) is 5.99. The maximum Gasteiger partial charge on any atom is 0.226 e. The van der Waals surface area contributed by atoms with Crippen molar-refractivity contribution in [2.24, 2.45) is 5.92 Å². The third kappa shape index (κ3) is 5.91. The van der Waals surface area contributed by atoms with Crippen molar-refractivity contribution in [1.82, 2.24) is 15.3 Å². The summed E-state index contributed by atoms with van der Waals surface area (Å²) in [6.07, 6.45) is 4.17. The number of aryl methyl sites for hydroxylation is 2. The number of hydrogen-bond acceptors (Lipinski definition) is 5. The van der Waals surface area contributed by atoms with Gasteiger partial charge in [-0.1, -0.05) is 11.6 Å². The van der Waals surface area contributed by atoms with E-state index in [1.165, 1.54) is 5.56 Å². The topological polar surface area (TPSA) is 78.4 Å². The Bertz CT molecular complexity index is 883. The molecule has 1 unspecified atom stereocenters. The number of anilines is 1. The van der Waals surface area contributed by atoms with Crippen LogP contribution < -0.4 is 10.2 Å². The fourth-order valence-electron chi connectivity index (χ4n) is 4.14. The number of piperidine rings is 1. The normalized spacial score (nSPS) is 16.7. The van der Waals surface area contributed by atoms with Gasteiger partial charge in [0.15, 0.2) is 0 Å². The number of nitrogens with zero attached hydrogens (tertiary/aromatic N) is 3. The first kappa shape index (κ1) is 22.5. The van der Waals surface area contributed by atoms with Gasteiger partial charge in [0, 0.05) is 30.4 Å². The van der Waals surface area contributed by atoms with Crippen LogP contribution in [0.4, 0.5) is 5.95 Å². The summed E-state index contributed by atoms with van der Waals surface area (Å²) in [5.41, 5.74) is 2.54. The van der Waals surface area contributed by atoms with Crippen LogP contribution in [0.1, 0.15) is 64.1 Å². The summed E-state index contributed by atoms with van der Waals surface area (Å²) in [5.74, 6) is 0.960. The molecule has 0 radical (unpaired) electrons. The SMILES string of the molecule is Cc1ccc2nc(N3CCC(C(=O)NC(C)CCCC(C)(C)O)CC3)nc(C)c2c1. The Morgan fingerprint density at radius 1 is 1.27 bits per heavy atom. The van der Waals surface area contributed by atoms with Gasteiger partial charge in [0.2, 0.25) is 11.9 Å². The van der Waals surface area contributed by atoms with Crippen LogP contribution in [0.5, 0.6) is 0 Å². The van der Waals surface area contributed by atoms with E-state index in [9.17, 15) is 9.90 Å². The maximum atomic E-state index is 12.7. The number of aliphatic hydroxyl groups is 1. The molecule has 0 aliphatic carbocycles. The molecule has 1 saturated heterocycles. The lowest BCUT2D eigenvalue weighted by atomic mass is 9.95. The number of carbonyl (C=O) groups is 1. The standard InChI is InChI=1S/C24H36N4O2/c1-16-8-9-21-20(15-16)18(3)26-23(27-21)28-13-10-19(11-14-28)22(29)25-17(2)7-6-12-24(4,5)30/h8-9,15,17,19,30H,6-7,10-14H2,1-5H3,(H,25,29). The highest BCUT2D eigenvalue weighted by Gasteiger charge is 2.27. The van der Waals surface area contributed by atoms with Gasteiger partial charge in [-0.3, -0.25) is 4.79 Å². The number of benzene rings is 1. The molecule has 1 aliphatic heterocycles. The van der Waals surface area contributed by atoms with E-state index in [4.69, 9.17) is 9.97 Å². The molecular formula is C24H36N4O2. The molecule has 164 valence electrons. The van der Waals surface area contributed by atoms with Crippen molar-refractivity contribution in [1.29, 1.82) is 0 Å². The Morgan fingerprint density at radius 3 is 2.63 bits per heavy atom. The minimum atomic E-state index is -0.640. The smallest absolute Gasteiger partial charge is 0.226 e.